The third-order valence-corrected chi connectivity index (χ3v) is 2.01. The van der Waals surface area contributed by atoms with Gasteiger partial charge in [-0.2, -0.15) is 0 Å². The van der Waals surface area contributed by atoms with Crippen LogP contribution in [0.2, 0.25) is 0 Å². The van der Waals surface area contributed by atoms with Gasteiger partial charge < -0.3 is 0 Å². The highest BCUT2D eigenvalue weighted by molar-refractivity contribution is 7.99. The minimum Gasteiger partial charge on any atom is -0.298 e. The van der Waals surface area contributed by atoms with Gasteiger partial charge in [0.15, 0.2) is 11.4 Å². The van der Waals surface area contributed by atoms with Gasteiger partial charge in [-0.15, -0.1) is 0 Å². The summed E-state index contributed by atoms with van der Waals surface area (Å²) >= 11 is 0.860. The lowest BCUT2D eigenvalue weighted by Crippen LogP contribution is -1.96. The van der Waals surface area contributed by atoms with Crippen LogP contribution in [0.1, 0.15) is 10.4 Å². The van der Waals surface area contributed by atoms with E-state index in [1.807, 2.05) is 0 Å². The van der Waals surface area contributed by atoms with E-state index < -0.39 is 6.43 Å². The summed E-state index contributed by atoms with van der Waals surface area (Å²) in [5, 5.41) is 0.255. The van der Waals surface area contributed by atoms with E-state index in [2.05, 4.69) is 9.97 Å². The van der Waals surface area contributed by atoms with Gasteiger partial charge in [0.1, 0.15) is 0 Å². The molecule has 0 saturated heterocycles. The number of halogens is 2. The van der Waals surface area contributed by atoms with E-state index in [9.17, 15) is 13.6 Å². The van der Waals surface area contributed by atoms with E-state index >= 15 is 0 Å². The summed E-state index contributed by atoms with van der Waals surface area (Å²) in [5.41, 5.74) is 0.335. The first-order valence-corrected chi connectivity index (χ1v) is 4.39. The maximum absolute atomic E-state index is 11.7. The maximum atomic E-state index is 11.7. The number of thioether (sulfide) groups is 1. The number of rotatable bonds is 4. The molecule has 0 aliphatic rings. The number of aromatic nitrogens is 2. The van der Waals surface area contributed by atoms with Crippen molar-refractivity contribution in [2.24, 2.45) is 0 Å². The first-order valence-electron chi connectivity index (χ1n) is 3.40. The second-order valence-corrected chi connectivity index (χ2v) is 3.11. The fourth-order valence-corrected chi connectivity index (χ4v) is 1.13. The van der Waals surface area contributed by atoms with Gasteiger partial charge in [-0.1, -0.05) is 11.8 Å². The van der Waals surface area contributed by atoms with Crippen LogP contribution in [0.4, 0.5) is 8.78 Å². The van der Waals surface area contributed by atoms with Crippen molar-refractivity contribution in [3.8, 4) is 0 Å². The van der Waals surface area contributed by atoms with Gasteiger partial charge in [0.05, 0.1) is 11.3 Å². The fourth-order valence-electron chi connectivity index (χ4n) is 0.599. The van der Waals surface area contributed by atoms with Gasteiger partial charge in [-0.05, 0) is 0 Å². The smallest absolute Gasteiger partial charge is 0.248 e. The predicted molar refractivity (Wildman–Crippen MR) is 44.1 cm³/mol. The van der Waals surface area contributed by atoms with Crippen LogP contribution in [0.25, 0.3) is 0 Å². The zero-order valence-corrected chi connectivity index (χ0v) is 7.30. The highest BCUT2D eigenvalue weighted by Crippen LogP contribution is 2.14. The molecule has 1 rings (SSSR count). The Labute approximate surface area is 77.6 Å². The third-order valence-electron chi connectivity index (χ3n) is 1.12. The van der Waals surface area contributed by atoms with Crippen LogP contribution in [-0.2, 0) is 0 Å². The Bertz CT molecular complexity index is 278. The molecule has 1 heterocycles. The zero-order valence-electron chi connectivity index (χ0n) is 6.48. The molecule has 0 radical (unpaired) electrons. The standard InChI is InChI=1S/C7H6F2N2OS/c8-6(9)4-13-7-10-1-5(3-12)2-11-7/h1-3,6H,4H2. The van der Waals surface area contributed by atoms with Crippen LogP contribution >= 0.6 is 11.8 Å². The second-order valence-electron chi connectivity index (χ2n) is 2.12. The molecule has 0 atom stereocenters. The molecule has 0 aliphatic heterocycles. The minimum atomic E-state index is -2.38. The quantitative estimate of drug-likeness (QED) is 0.425. The Kier molecular flexibility index (Phi) is 3.75. The van der Waals surface area contributed by atoms with Crippen molar-refractivity contribution in [2.75, 3.05) is 5.75 Å². The molecular weight excluding hydrogens is 198 g/mol. The van der Waals surface area contributed by atoms with Crippen LogP contribution < -0.4 is 0 Å². The van der Waals surface area contributed by atoms with E-state index in [4.69, 9.17) is 0 Å². The topological polar surface area (TPSA) is 42.9 Å². The Morgan fingerprint density at radius 3 is 2.54 bits per heavy atom. The Morgan fingerprint density at radius 2 is 2.08 bits per heavy atom. The molecular formula is C7H6F2N2OS. The number of carbonyl (C=O) groups excluding carboxylic acids is 1. The summed E-state index contributed by atoms with van der Waals surface area (Å²) in [6, 6.07) is 0. The van der Waals surface area contributed by atoms with Gasteiger partial charge in [0.2, 0.25) is 6.43 Å². The number of hydrogen-bond acceptors (Lipinski definition) is 4. The molecule has 0 aromatic carbocycles. The predicted octanol–water partition coefficient (Wildman–Crippen LogP) is 1.65. The number of aldehydes is 1. The van der Waals surface area contributed by atoms with Crippen molar-refractivity contribution in [1.29, 1.82) is 0 Å². The van der Waals surface area contributed by atoms with Gasteiger partial charge >= 0.3 is 0 Å². The Morgan fingerprint density at radius 1 is 1.46 bits per heavy atom. The molecule has 0 spiro atoms. The summed E-state index contributed by atoms with van der Waals surface area (Å²) in [7, 11) is 0. The van der Waals surface area contributed by atoms with Crippen molar-refractivity contribution < 1.29 is 13.6 Å². The summed E-state index contributed by atoms with van der Waals surface area (Å²) in [4.78, 5) is 17.6. The lowest BCUT2D eigenvalue weighted by Gasteiger charge is -1.97. The van der Waals surface area contributed by atoms with Crippen molar-refractivity contribution in [3.63, 3.8) is 0 Å². The molecule has 1 aromatic rings. The van der Waals surface area contributed by atoms with Gasteiger partial charge in [0, 0.05) is 12.4 Å². The molecule has 0 N–H and O–H groups in total. The lowest BCUT2D eigenvalue weighted by molar-refractivity contribution is 0.112. The first kappa shape index (κ1) is 10.0. The highest BCUT2D eigenvalue weighted by atomic mass is 32.2. The molecule has 13 heavy (non-hydrogen) atoms. The molecule has 0 aliphatic carbocycles. The lowest BCUT2D eigenvalue weighted by atomic mass is 10.4. The van der Waals surface area contributed by atoms with Crippen molar-refractivity contribution >= 4 is 18.0 Å². The normalized spacial score (nSPS) is 10.4. The number of nitrogens with zero attached hydrogens (tertiary/aromatic N) is 2. The molecule has 0 amide bonds. The average molecular weight is 204 g/mol. The largest absolute Gasteiger partial charge is 0.298 e. The molecule has 0 saturated carbocycles. The number of hydrogen-bond donors (Lipinski definition) is 0. The first-order chi connectivity index (χ1) is 6.22. The van der Waals surface area contributed by atoms with Crippen LogP contribution in [0.15, 0.2) is 17.6 Å². The van der Waals surface area contributed by atoms with Crippen LogP contribution in [0.5, 0.6) is 0 Å². The van der Waals surface area contributed by atoms with E-state index in [0.29, 0.717) is 11.8 Å². The SMILES string of the molecule is O=Cc1cnc(SCC(F)F)nc1. The van der Waals surface area contributed by atoms with Gasteiger partial charge in [-0.25, -0.2) is 18.7 Å². The molecule has 6 heteroatoms. The number of alkyl halides is 2. The minimum absolute atomic E-state index is 0.255. The maximum Gasteiger partial charge on any atom is 0.248 e. The van der Waals surface area contributed by atoms with E-state index in [0.717, 1.165) is 11.8 Å². The zero-order chi connectivity index (χ0) is 9.68. The molecule has 70 valence electrons. The monoisotopic (exact) mass is 204 g/mol. The van der Waals surface area contributed by atoms with Gasteiger partial charge in [-0.3, -0.25) is 4.79 Å². The summed E-state index contributed by atoms with van der Waals surface area (Å²) in [6.45, 7) is 0. The summed E-state index contributed by atoms with van der Waals surface area (Å²) in [5.74, 6) is -0.333. The summed E-state index contributed by atoms with van der Waals surface area (Å²) in [6.07, 6.45) is 0.822. The molecule has 0 unspecified atom stereocenters. The van der Waals surface area contributed by atoms with Crippen LogP contribution in [0, 0.1) is 0 Å². The highest BCUT2D eigenvalue weighted by Gasteiger charge is 2.05. The number of carbonyl (C=O) groups is 1. The Balaban J connectivity index is 2.54. The second kappa shape index (κ2) is 4.86. The van der Waals surface area contributed by atoms with Crippen molar-refractivity contribution in [1.82, 2.24) is 9.97 Å². The van der Waals surface area contributed by atoms with Crippen LogP contribution in [-0.4, -0.2) is 28.4 Å². The molecule has 0 bridgehead atoms. The van der Waals surface area contributed by atoms with Crippen LogP contribution in [0.3, 0.4) is 0 Å². The molecule has 1 aromatic heterocycles. The van der Waals surface area contributed by atoms with Crippen molar-refractivity contribution in [3.05, 3.63) is 18.0 Å². The fraction of sp³-hybridized carbons (Fsp3) is 0.286. The molecule has 3 nitrogen and oxygen atoms in total. The van der Waals surface area contributed by atoms with E-state index in [1.165, 1.54) is 12.4 Å². The third kappa shape index (κ3) is 3.45. The summed E-state index contributed by atoms with van der Waals surface area (Å²) < 4.78 is 23.5. The molecule has 0 fully saturated rings. The Hall–Kier alpha value is -1.04. The van der Waals surface area contributed by atoms with Crippen molar-refractivity contribution in [2.45, 2.75) is 11.6 Å². The van der Waals surface area contributed by atoms with Gasteiger partial charge in [0.25, 0.3) is 0 Å². The average Bonchev–Trinajstić information content (AvgIpc) is 2.15. The van der Waals surface area contributed by atoms with E-state index in [1.54, 1.807) is 0 Å². The van der Waals surface area contributed by atoms with E-state index in [-0.39, 0.29) is 10.9 Å².